The van der Waals surface area contributed by atoms with Gasteiger partial charge in [0, 0.05) is 29.5 Å². The van der Waals surface area contributed by atoms with Crippen molar-refractivity contribution in [2.24, 2.45) is 21.7 Å². The molecular formula is C40H55N3O9. The number of para-hydroxylation sites is 1. The van der Waals surface area contributed by atoms with E-state index in [4.69, 9.17) is 23.7 Å². The Bertz CT molecular complexity index is 1720. The number of nitrogens with one attached hydrogen (secondary N) is 2. The zero-order valence-corrected chi connectivity index (χ0v) is 32.5. The molecule has 0 amide bonds. The lowest BCUT2D eigenvalue weighted by atomic mass is 9.91. The monoisotopic (exact) mass is 721 g/mol. The SMILES string of the molecule is CC(C)(C)C(=O)OC[C@H]1O[C@@H](NC(c2cccnc2)c2c[nH]c3ccccc23)[C@H](OC(=O)C(C)(C)C)[C@@H](OC(=O)C(C)(C)C)[C@H]1OC(=O)C(C)(C)C. The van der Waals surface area contributed by atoms with E-state index in [2.05, 4.69) is 15.3 Å². The van der Waals surface area contributed by atoms with Gasteiger partial charge in [-0.3, -0.25) is 29.5 Å². The van der Waals surface area contributed by atoms with E-state index in [1.807, 2.05) is 42.6 Å². The zero-order chi connectivity index (χ0) is 38.8. The van der Waals surface area contributed by atoms with Crippen LogP contribution in [0.25, 0.3) is 10.9 Å². The fourth-order valence-corrected chi connectivity index (χ4v) is 5.27. The van der Waals surface area contributed by atoms with E-state index >= 15 is 0 Å². The van der Waals surface area contributed by atoms with Crippen LogP contribution < -0.4 is 5.32 Å². The highest BCUT2D eigenvalue weighted by Gasteiger charge is 2.55. The summed E-state index contributed by atoms with van der Waals surface area (Å²) in [7, 11) is 0. The maximum atomic E-state index is 13.7. The number of pyridine rings is 1. The second-order valence-electron chi connectivity index (χ2n) is 17.5. The van der Waals surface area contributed by atoms with E-state index in [0.29, 0.717) is 0 Å². The molecule has 1 fully saturated rings. The highest BCUT2D eigenvalue weighted by atomic mass is 16.7. The summed E-state index contributed by atoms with van der Waals surface area (Å²) in [5.41, 5.74) is -1.29. The lowest BCUT2D eigenvalue weighted by molar-refractivity contribution is -0.265. The zero-order valence-electron chi connectivity index (χ0n) is 32.5. The van der Waals surface area contributed by atoms with Crippen molar-refractivity contribution < 1.29 is 42.9 Å². The number of hydrogen-bond donors (Lipinski definition) is 2. The van der Waals surface area contributed by atoms with Crippen molar-refractivity contribution in [3.05, 3.63) is 66.1 Å². The summed E-state index contributed by atoms with van der Waals surface area (Å²) >= 11 is 0. The molecule has 0 bridgehead atoms. The Balaban J connectivity index is 1.92. The molecule has 12 nitrogen and oxygen atoms in total. The first-order valence-corrected chi connectivity index (χ1v) is 17.7. The molecule has 0 saturated carbocycles. The maximum Gasteiger partial charge on any atom is 0.311 e. The molecule has 1 unspecified atom stereocenters. The van der Waals surface area contributed by atoms with Crippen LogP contribution >= 0.6 is 0 Å². The van der Waals surface area contributed by atoms with Crippen LogP contribution in [0.5, 0.6) is 0 Å². The molecule has 4 rings (SSSR count). The summed E-state index contributed by atoms with van der Waals surface area (Å²) in [5.74, 6) is -2.37. The number of aromatic amines is 1. The molecule has 52 heavy (non-hydrogen) atoms. The molecule has 1 saturated heterocycles. The molecule has 3 aromatic rings. The van der Waals surface area contributed by atoms with Gasteiger partial charge in [0.05, 0.1) is 27.7 Å². The molecular weight excluding hydrogens is 666 g/mol. The second-order valence-corrected chi connectivity index (χ2v) is 17.5. The number of carbonyl (C=O) groups is 4. The number of aromatic nitrogens is 2. The summed E-state index contributed by atoms with van der Waals surface area (Å²) in [6, 6.07) is 10.9. The standard InChI is InChI=1S/C40H55N3O9/c1-37(2,3)33(44)48-22-27-29(50-34(45)38(4,5)6)30(51-35(46)39(7,8)9)31(52-36(47)40(10,11)12)32(49-27)43-28(23-16-15-19-41-20-23)25-21-42-26-18-14-13-17-24(25)26/h13-21,27-32,42-43H,22H2,1-12H3/t27-,28?,29+,30+,31-,32-/m1/s1. The van der Waals surface area contributed by atoms with Crippen molar-refractivity contribution in [3.63, 3.8) is 0 Å². The molecule has 12 heteroatoms. The van der Waals surface area contributed by atoms with Crippen LogP contribution in [0, 0.1) is 21.7 Å². The van der Waals surface area contributed by atoms with Gasteiger partial charge in [0.2, 0.25) is 0 Å². The molecule has 6 atom stereocenters. The van der Waals surface area contributed by atoms with Gasteiger partial charge in [-0.05, 0) is 106 Å². The minimum absolute atomic E-state index is 0.357. The number of ether oxygens (including phenoxy) is 5. The first-order valence-electron chi connectivity index (χ1n) is 17.7. The van der Waals surface area contributed by atoms with Crippen LogP contribution in [-0.4, -0.2) is 71.1 Å². The second kappa shape index (κ2) is 15.4. The molecule has 284 valence electrons. The highest BCUT2D eigenvalue weighted by molar-refractivity contribution is 5.84. The van der Waals surface area contributed by atoms with E-state index in [1.54, 1.807) is 95.5 Å². The highest BCUT2D eigenvalue weighted by Crippen LogP contribution is 2.36. The van der Waals surface area contributed by atoms with Gasteiger partial charge in [0.1, 0.15) is 12.7 Å². The van der Waals surface area contributed by atoms with E-state index in [9.17, 15) is 19.2 Å². The number of fused-ring (bicyclic) bond motifs is 1. The Morgan fingerprint density at radius 2 is 1.27 bits per heavy atom. The van der Waals surface area contributed by atoms with Crippen molar-refractivity contribution in [3.8, 4) is 0 Å². The van der Waals surface area contributed by atoms with Gasteiger partial charge >= 0.3 is 23.9 Å². The van der Waals surface area contributed by atoms with Gasteiger partial charge in [0.25, 0.3) is 0 Å². The van der Waals surface area contributed by atoms with Crippen LogP contribution in [0.15, 0.2) is 55.0 Å². The number of hydrogen-bond acceptors (Lipinski definition) is 11. The summed E-state index contributed by atoms with van der Waals surface area (Å²) in [6.45, 7) is 20.0. The fourth-order valence-electron chi connectivity index (χ4n) is 5.27. The van der Waals surface area contributed by atoms with E-state index in [0.717, 1.165) is 22.0 Å². The van der Waals surface area contributed by atoms with Crippen LogP contribution in [-0.2, 0) is 42.9 Å². The minimum atomic E-state index is -1.38. The van der Waals surface area contributed by atoms with Crippen LogP contribution in [0.1, 0.15) is 100 Å². The van der Waals surface area contributed by atoms with E-state index in [-0.39, 0.29) is 6.61 Å². The normalized spacial score (nSPS) is 22.0. The predicted octanol–water partition coefficient (Wildman–Crippen LogP) is 6.43. The van der Waals surface area contributed by atoms with Crippen LogP contribution in [0.3, 0.4) is 0 Å². The molecule has 0 spiro atoms. The minimum Gasteiger partial charge on any atom is -0.462 e. The quantitative estimate of drug-likeness (QED) is 0.186. The molecule has 2 N–H and O–H groups in total. The Morgan fingerprint density at radius 1 is 0.731 bits per heavy atom. The predicted molar refractivity (Wildman–Crippen MR) is 195 cm³/mol. The summed E-state index contributed by atoms with van der Waals surface area (Å²) in [4.78, 5) is 61.7. The number of esters is 4. The maximum absolute atomic E-state index is 13.7. The number of carbonyl (C=O) groups excluding carboxylic acids is 4. The number of nitrogens with zero attached hydrogens (tertiary/aromatic N) is 1. The largest absolute Gasteiger partial charge is 0.462 e. The summed E-state index contributed by atoms with van der Waals surface area (Å²) in [5, 5.41) is 4.46. The third kappa shape index (κ3) is 9.77. The average Bonchev–Trinajstić information content (AvgIpc) is 3.47. The van der Waals surface area contributed by atoms with Gasteiger partial charge in [-0.25, -0.2) is 0 Å². The Labute approximate surface area is 306 Å². The molecule has 0 aliphatic carbocycles. The summed E-state index contributed by atoms with van der Waals surface area (Å²) < 4.78 is 31.0. The first kappa shape index (κ1) is 40.5. The van der Waals surface area contributed by atoms with Crippen LogP contribution in [0.2, 0.25) is 0 Å². The molecule has 1 aliphatic rings. The lowest BCUT2D eigenvalue weighted by Gasteiger charge is -2.47. The molecule has 1 aromatic carbocycles. The average molecular weight is 722 g/mol. The number of H-pyrrole nitrogens is 1. The van der Waals surface area contributed by atoms with Crippen LogP contribution in [0.4, 0.5) is 0 Å². The van der Waals surface area contributed by atoms with Crippen molar-refractivity contribution in [1.29, 1.82) is 0 Å². The molecule has 3 heterocycles. The third-order valence-corrected chi connectivity index (χ3v) is 8.47. The molecule has 0 radical (unpaired) electrons. The Hall–Kier alpha value is -4.29. The lowest BCUT2D eigenvalue weighted by Crippen LogP contribution is -2.67. The Morgan fingerprint density at radius 3 is 1.81 bits per heavy atom. The topological polar surface area (TPSA) is 155 Å². The third-order valence-electron chi connectivity index (χ3n) is 8.47. The van der Waals surface area contributed by atoms with Gasteiger partial charge in [0.15, 0.2) is 24.5 Å². The number of benzene rings is 1. The van der Waals surface area contributed by atoms with E-state index in [1.165, 1.54) is 0 Å². The van der Waals surface area contributed by atoms with Gasteiger partial charge in [-0.2, -0.15) is 0 Å². The van der Waals surface area contributed by atoms with Gasteiger partial charge < -0.3 is 28.7 Å². The van der Waals surface area contributed by atoms with Crippen molar-refractivity contribution in [1.82, 2.24) is 15.3 Å². The summed E-state index contributed by atoms with van der Waals surface area (Å²) in [6.07, 6.45) is -1.15. The van der Waals surface area contributed by atoms with Crippen molar-refractivity contribution in [2.45, 2.75) is 120 Å². The fraction of sp³-hybridized carbons (Fsp3) is 0.575. The van der Waals surface area contributed by atoms with Crippen molar-refractivity contribution >= 4 is 34.8 Å². The molecule has 1 aliphatic heterocycles. The van der Waals surface area contributed by atoms with E-state index < -0.39 is 82.2 Å². The molecule has 2 aromatic heterocycles. The number of rotatable bonds is 9. The van der Waals surface area contributed by atoms with Crippen molar-refractivity contribution in [2.75, 3.05) is 6.61 Å². The smallest absolute Gasteiger partial charge is 0.311 e. The first-order chi connectivity index (χ1) is 24.0. The Kier molecular flexibility index (Phi) is 12.0. The van der Waals surface area contributed by atoms with Gasteiger partial charge in [-0.15, -0.1) is 0 Å². The van der Waals surface area contributed by atoms with Gasteiger partial charge in [-0.1, -0.05) is 24.3 Å².